The molecule has 0 aliphatic carbocycles. The maximum absolute atomic E-state index is 12.2. The fourth-order valence-corrected chi connectivity index (χ4v) is 2.27. The molecule has 2 aromatic rings. The highest BCUT2D eigenvalue weighted by Crippen LogP contribution is 2.13. The molecule has 2 N–H and O–H groups in total. The average Bonchev–Trinajstić information content (AvgIpc) is 2.60. The van der Waals surface area contributed by atoms with Crippen molar-refractivity contribution < 1.29 is 9.59 Å². The number of hydrogen-bond donors (Lipinski definition) is 2. The number of nitrogens with one attached hydrogen (secondary N) is 2. The molecule has 0 aliphatic heterocycles. The van der Waals surface area contributed by atoms with Gasteiger partial charge in [-0.2, -0.15) is 0 Å². The summed E-state index contributed by atoms with van der Waals surface area (Å²) in [5.74, 6) is -0.262. The maximum Gasteiger partial charge on any atom is 0.251 e. The van der Waals surface area contributed by atoms with Crippen LogP contribution in [0.3, 0.4) is 0 Å². The fourth-order valence-electron chi connectivity index (χ4n) is 2.27. The standard InChI is InChI=1S/C19H23N3O2/c1-3-12-20-19(24)15-8-7-9-16(13-15)21-18(23)14-22(2)17-10-5-4-6-11-17/h4-11,13H,3,12,14H2,1-2H3,(H,20,24)(H,21,23). The zero-order valence-electron chi connectivity index (χ0n) is 14.1. The summed E-state index contributed by atoms with van der Waals surface area (Å²) in [7, 11) is 1.86. The van der Waals surface area contributed by atoms with Crippen molar-refractivity contribution in [3.8, 4) is 0 Å². The Bertz CT molecular complexity index is 686. The highest BCUT2D eigenvalue weighted by atomic mass is 16.2. The lowest BCUT2D eigenvalue weighted by molar-refractivity contribution is -0.114. The van der Waals surface area contributed by atoms with Crippen molar-refractivity contribution >= 4 is 23.2 Å². The van der Waals surface area contributed by atoms with E-state index < -0.39 is 0 Å². The zero-order valence-corrected chi connectivity index (χ0v) is 14.1. The van der Waals surface area contributed by atoms with E-state index in [2.05, 4.69) is 10.6 Å². The molecule has 2 aromatic carbocycles. The minimum atomic E-state index is -0.132. The van der Waals surface area contributed by atoms with Gasteiger partial charge in [-0.1, -0.05) is 31.2 Å². The van der Waals surface area contributed by atoms with Crippen LogP contribution in [-0.4, -0.2) is 32.0 Å². The minimum absolute atomic E-state index is 0.130. The summed E-state index contributed by atoms with van der Waals surface area (Å²) in [5, 5.41) is 5.66. The molecule has 0 saturated carbocycles. The van der Waals surface area contributed by atoms with Gasteiger partial charge in [-0.05, 0) is 36.8 Å². The van der Waals surface area contributed by atoms with E-state index in [1.807, 2.05) is 49.2 Å². The summed E-state index contributed by atoms with van der Waals surface area (Å²) in [6, 6.07) is 16.7. The Morgan fingerprint density at radius 1 is 1.04 bits per heavy atom. The first-order chi connectivity index (χ1) is 11.6. The maximum atomic E-state index is 12.2. The highest BCUT2D eigenvalue weighted by Gasteiger charge is 2.09. The van der Waals surface area contributed by atoms with E-state index >= 15 is 0 Å². The van der Waals surface area contributed by atoms with E-state index in [1.54, 1.807) is 24.3 Å². The molecule has 0 radical (unpaired) electrons. The first-order valence-electron chi connectivity index (χ1n) is 8.04. The monoisotopic (exact) mass is 325 g/mol. The molecule has 0 saturated heterocycles. The number of carbonyl (C=O) groups excluding carboxylic acids is 2. The van der Waals surface area contributed by atoms with Crippen molar-refractivity contribution in [3.63, 3.8) is 0 Å². The van der Waals surface area contributed by atoms with Gasteiger partial charge < -0.3 is 15.5 Å². The topological polar surface area (TPSA) is 61.4 Å². The van der Waals surface area contributed by atoms with Crippen molar-refractivity contribution in [2.24, 2.45) is 0 Å². The first-order valence-corrected chi connectivity index (χ1v) is 8.04. The molecule has 5 heteroatoms. The van der Waals surface area contributed by atoms with Crippen LogP contribution in [0.15, 0.2) is 54.6 Å². The fraction of sp³-hybridized carbons (Fsp3) is 0.263. The Labute approximate surface area is 142 Å². The Morgan fingerprint density at radius 2 is 1.79 bits per heavy atom. The third-order valence-corrected chi connectivity index (χ3v) is 3.52. The molecule has 0 aliphatic rings. The number of likely N-dealkylation sites (N-methyl/N-ethyl adjacent to an activating group) is 1. The number of amides is 2. The molecule has 0 aromatic heterocycles. The second-order valence-electron chi connectivity index (χ2n) is 5.58. The van der Waals surface area contributed by atoms with Gasteiger partial charge >= 0.3 is 0 Å². The van der Waals surface area contributed by atoms with Crippen LogP contribution >= 0.6 is 0 Å². The second-order valence-corrected chi connectivity index (χ2v) is 5.58. The molecule has 0 unspecified atom stereocenters. The Morgan fingerprint density at radius 3 is 2.50 bits per heavy atom. The number of para-hydroxylation sites is 1. The third-order valence-electron chi connectivity index (χ3n) is 3.52. The van der Waals surface area contributed by atoms with Crippen LogP contribution in [0.2, 0.25) is 0 Å². The first kappa shape index (κ1) is 17.5. The summed E-state index contributed by atoms with van der Waals surface area (Å²) >= 11 is 0. The number of rotatable bonds is 7. The van der Waals surface area contributed by atoms with Crippen LogP contribution in [0.25, 0.3) is 0 Å². The number of anilines is 2. The molecule has 5 nitrogen and oxygen atoms in total. The van der Waals surface area contributed by atoms with E-state index in [-0.39, 0.29) is 18.4 Å². The Balaban J connectivity index is 1.95. The summed E-state index contributed by atoms with van der Waals surface area (Å²) < 4.78 is 0. The molecular weight excluding hydrogens is 302 g/mol. The van der Waals surface area contributed by atoms with Gasteiger partial charge in [0.25, 0.3) is 5.91 Å². The van der Waals surface area contributed by atoms with Gasteiger partial charge in [0.05, 0.1) is 6.54 Å². The molecular formula is C19H23N3O2. The van der Waals surface area contributed by atoms with Crippen LogP contribution in [0.4, 0.5) is 11.4 Å². The van der Waals surface area contributed by atoms with Gasteiger partial charge in [-0.15, -0.1) is 0 Å². The normalized spacial score (nSPS) is 10.1. The predicted octanol–water partition coefficient (Wildman–Crippen LogP) is 2.90. The lowest BCUT2D eigenvalue weighted by atomic mass is 10.2. The smallest absolute Gasteiger partial charge is 0.251 e. The number of hydrogen-bond acceptors (Lipinski definition) is 3. The van der Waals surface area contributed by atoms with Gasteiger partial charge in [0, 0.05) is 30.5 Å². The highest BCUT2D eigenvalue weighted by molar-refractivity contribution is 5.98. The van der Waals surface area contributed by atoms with Gasteiger partial charge in [0.1, 0.15) is 0 Å². The van der Waals surface area contributed by atoms with Crippen LogP contribution < -0.4 is 15.5 Å². The average molecular weight is 325 g/mol. The van der Waals surface area contributed by atoms with Crippen LogP contribution in [-0.2, 0) is 4.79 Å². The number of benzene rings is 2. The van der Waals surface area contributed by atoms with Crippen molar-refractivity contribution in [2.75, 3.05) is 30.4 Å². The van der Waals surface area contributed by atoms with Gasteiger partial charge in [0.15, 0.2) is 0 Å². The van der Waals surface area contributed by atoms with Crippen LogP contribution in [0, 0.1) is 0 Å². The molecule has 0 atom stereocenters. The van der Waals surface area contributed by atoms with Crippen LogP contribution in [0.1, 0.15) is 23.7 Å². The van der Waals surface area contributed by atoms with E-state index in [4.69, 9.17) is 0 Å². The Kier molecular flexibility index (Phi) is 6.37. The second kappa shape index (κ2) is 8.72. The van der Waals surface area contributed by atoms with Gasteiger partial charge in [0.2, 0.25) is 5.91 Å². The van der Waals surface area contributed by atoms with E-state index in [1.165, 1.54) is 0 Å². The number of nitrogens with zero attached hydrogens (tertiary/aromatic N) is 1. The van der Waals surface area contributed by atoms with Crippen molar-refractivity contribution in [2.45, 2.75) is 13.3 Å². The zero-order chi connectivity index (χ0) is 17.4. The molecule has 0 fully saturated rings. The summed E-state index contributed by atoms with van der Waals surface area (Å²) in [6.07, 6.45) is 0.883. The van der Waals surface area contributed by atoms with E-state index in [0.29, 0.717) is 17.8 Å². The van der Waals surface area contributed by atoms with Crippen molar-refractivity contribution in [1.29, 1.82) is 0 Å². The molecule has 126 valence electrons. The summed E-state index contributed by atoms with van der Waals surface area (Å²) in [6.45, 7) is 2.87. The van der Waals surface area contributed by atoms with Crippen molar-refractivity contribution in [3.05, 3.63) is 60.2 Å². The molecule has 0 bridgehead atoms. The molecule has 0 spiro atoms. The molecule has 0 heterocycles. The predicted molar refractivity (Wildman–Crippen MR) is 97.4 cm³/mol. The Hall–Kier alpha value is -2.82. The number of carbonyl (C=O) groups is 2. The lowest BCUT2D eigenvalue weighted by Gasteiger charge is -2.18. The minimum Gasteiger partial charge on any atom is -0.365 e. The van der Waals surface area contributed by atoms with E-state index in [0.717, 1.165) is 12.1 Å². The quantitative estimate of drug-likeness (QED) is 0.823. The largest absolute Gasteiger partial charge is 0.365 e. The third kappa shape index (κ3) is 5.12. The lowest BCUT2D eigenvalue weighted by Crippen LogP contribution is -2.30. The SMILES string of the molecule is CCCNC(=O)c1cccc(NC(=O)CN(C)c2ccccc2)c1. The molecule has 2 amide bonds. The van der Waals surface area contributed by atoms with Gasteiger partial charge in [-0.25, -0.2) is 0 Å². The van der Waals surface area contributed by atoms with Crippen molar-refractivity contribution in [1.82, 2.24) is 5.32 Å². The summed E-state index contributed by atoms with van der Waals surface area (Å²) in [5.41, 5.74) is 2.13. The molecule has 2 rings (SSSR count). The molecule has 24 heavy (non-hydrogen) atoms. The van der Waals surface area contributed by atoms with Gasteiger partial charge in [-0.3, -0.25) is 9.59 Å². The van der Waals surface area contributed by atoms with Crippen LogP contribution in [0.5, 0.6) is 0 Å². The van der Waals surface area contributed by atoms with E-state index in [9.17, 15) is 9.59 Å². The summed E-state index contributed by atoms with van der Waals surface area (Å²) in [4.78, 5) is 26.0.